The van der Waals surface area contributed by atoms with Crippen molar-refractivity contribution in [3.63, 3.8) is 0 Å². The van der Waals surface area contributed by atoms with E-state index in [4.69, 9.17) is 23.7 Å². The van der Waals surface area contributed by atoms with Crippen LogP contribution in [0.1, 0.15) is 33.0 Å². The van der Waals surface area contributed by atoms with E-state index in [0.29, 0.717) is 33.9 Å². The Kier molecular flexibility index (Phi) is 6.83. The number of fused-ring (bicyclic) bond motifs is 3. The van der Waals surface area contributed by atoms with E-state index in [-0.39, 0.29) is 22.8 Å². The Hall–Kier alpha value is -4.53. The van der Waals surface area contributed by atoms with E-state index in [0.717, 1.165) is 0 Å². The van der Waals surface area contributed by atoms with Gasteiger partial charge in [-0.3, -0.25) is 4.79 Å². The molecular weight excluding hydrogens is 536 g/mol. The van der Waals surface area contributed by atoms with Crippen molar-refractivity contribution in [2.24, 2.45) is 5.92 Å². The molecule has 8 nitrogen and oxygen atoms in total. The molecule has 0 bridgehead atoms. The molecule has 2 N–H and O–H groups in total. The van der Waals surface area contributed by atoms with E-state index in [1.54, 1.807) is 67.8 Å². The zero-order chi connectivity index (χ0) is 29.6. The molecule has 0 spiro atoms. The highest BCUT2D eigenvalue weighted by Gasteiger charge is 2.78. The molecule has 1 saturated carbocycles. The van der Waals surface area contributed by atoms with Crippen LogP contribution in [0.5, 0.6) is 28.7 Å². The van der Waals surface area contributed by atoms with Crippen LogP contribution in [0.3, 0.4) is 0 Å². The van der Waals surface area contributed by atoms with Gasteiger partial charge in [-0.25, -0.2) is 0 Å². The van der Waals surface area contributed by atoms with Gasteiger partial charge in [-0.2, -0.15) is 0 Å². The van der Waals surface area contributed by atoms with Crippen molar-refractivity contribution in [2.75, 3.05) is 28.4 Å². The Balaban J connectivity index is 1.69. The summed E-state index contributed by atoms with van der Waals surface area (Å²) in [5, 5.41) is 25.4. The van der Waals surface area contributed by atoms with Crippen molar-refractivity contribution in [3.05, 3.63) is 113 Å². The van der Waals surface area contributed by atoms with Crippen molar-refractivity contribution < 1.29 is 38.7 Å². The molecule has 2 aliphatic rings. The molecular formula is C34H32O8. The molecule has 8 heteroatoms. The van der Waals surface area contributed by atoms with Crippen LogP contribution in [-0.4, -0.2) is 50.5 Å². The fourth-order valence-electron chi connectivity index (χ4n) is 6.82. The van der Waals surface area contributed by atoms with Crippen LogP contribution < -0.4 is 23.7 Å². The fourth-order valence-corrected chi connectivity index (χ4v) is 6.82. The zero-order valence-electron chi connectivity index (χ0n) is 23.7. The summed E-state index contributed by atoms with van der Waals surface area (Å²) in [6.45, 7) is 0. The van der Waals surface area contributed by atoms with Crippen molar-refractivity contribution in [2.45, 2.75) is 23.2 Å². The Morgan fingerprint density at radius 2 is 1.40 bits per heavy atom. The molecule has 6 rings (SSSR count). The van der Waals surface area contributed by atoms with E-state index in [1.165, 1.54) is 21.3 Å². The predicted molar refractivity (Wildman–Crippen MR) is 155 cm³/mol. The second-order valence-electron chi connectivity index (χ2n) is 10.5. The molecule has 1 aliphatic carbocycles. The third kappa shape index (κ3) is 3.72. The van der Waals surface area contributed by atoms with Crippen molar-refractivity contribution in [1.82, 2.24) is 0 Å². The van der Waals surface area contributed by atoms with Crippen molar-refractivity contribution in [3.8, 4) is 28.7 Å². The minimum atomic E-state index is -2.13. The first-order chi connectivity index (χ1) is 20.3. The number of carbonyl (C=O) groups excluding carboxylic acids is 1. The third-order valence-electron chi connectivity index (χ3n) is 8.63. The van der Waals surface area contributed by atoms with Crippen LogP contribution in [0.4, 0.5) is 0 Å². The summed E-state index contributed by atoms with van der Waals surface area (Å²) in [7, 11) is 6.05. The highest BCUT2D eigenvalue weighted by Crippen LogP contribution is 2.70. The van der Waals surface area contributed by atoms with Gasteiger partial charge in [0.1, 0.15) is 34.9 Å². The quantitative estimate of drug-likeness (QED) is 0.291. The number of carbonyl (C=O) groups is 1. The maximum absolute atomic E-state index is 14.6. The van der Waals surface area contributed by atoms with E-state index in [2.05, 4.69) is 0 Å². The molecule has 0 saturated heterocycles. The second kappa shape index (κ2) is 10.4. The van der Waals surface area contributed by atoms with Crippen LogP contribution in [0, 0.1) is 5.92 Å². The largest absolute Gasteiger partial charge is 0.497 e. The van der Waals surface area contributed by atoms with Gasteiger partial charge in [-0.05, 0) is 35.4 Å². The number of methoxy groups -OCH3 is 4. The van der Waals surface area contributed by atoms with Crippen molar-refractivity contribution >= 4 is 5.78 Å². The van der Waals surface area contributed by atoms with Crippen molar-refractivity contribution in [1.29, 1.82) is 0 Å². The lowest BCUT2D eigenvalue weighted by Gasteiger charge is -2.41. The first-order valence-corrected chi connectivity index (χ1v) is 13.6. The topological polar surface area (TPSA) is 104 Å². The molecule has 5 atom stereocenters. The molecule has 42 heavy (non-hydrogen) atoms. The Morgan fingerprint density at radius 1 is 0.762 bits per heavy atom. The first kappa shape index (κ1) is 27.6. The lowest BCUT2D eigenvalue weighted by molar-refractivity contribution is -0.151. The lowest BCUT2D eigenvalue weighted by atomic mass is 9.70. The summed E-state index contributed by atoms with van der Waals surface area (Å²) < 4.78 is 29.1. The van der Waals surface area contributed by atoms with Gasteiger partial charge in [0.05, 0.1) is 45.5 Å². The number of hydrogen-bond donors (Lipinski definition) is 2. The highest BCUT2D eigenvalue weighted by atomic mass is 16.5. The van der Waals surface area contributed by atoms with Gasteiger partial charge in [0.25, 0.3) is 0 Å². The number of aliphatic hydroxyl groups is 2. The number of hydrogen-bond acceptors (Lipinski definition) is 8. The Labute approximate surface area is 244 Å². The molecule has 1 heterocycles. The smallest absolute Gasteiger partial charge is 0.177 e. The molecule has 216 valence electrons. The number of benzene rings is 4. The summed E-state index contributed by atoms with van der Waals surface area (Å²) in [6, 6.07) is 26.6. The van der Waals surface area contributed by atoms with Crippen LogP contribution in [0.15, 0.2) is 91.0 Å². The molecule has 0 radical (unpaired) electrons. The number of Topliss-reactive ketones (excluding diaryl/α,β-unsaturated/α-hetero) is 1. The van der Waals surface area contributed by atoms with Crippen LogP contribution in [-0.2, 0) is 11.2 Å². The summed E-state index contributed by atoms with van der Waals surface area (Å²) in [5.41, 5.74) is -2.01. The Bertz CT molecular complexity index is 1620. The summed E-state index contributed by atoms with van der Waals surface area (Å²) in [4.78, 5) is 14.6. The summed E-state index contributed by atoms with van der Waals surface area (Å²) in [6.07, 6.45) is -1.62. The van der Waals surface area contributed by atoms with Gasteiger partial charge in [-0.15, -0.1) is 0 Å². The van der Waals surface area contributed by atoms with Crippen LogP contribution in [0.25, 0.3) is 0 Å². The number of rotatable bonds is 8. The van der Waals surface area contributed by atoms with E-state index < -0.39 is 29.1 Å². The van der Waals surface area contributed by atoms with Gasteiger partial charge < -0.3 is 33.9 Å². The molecule has 0 unspecified atom stereocenters. The average Bonchev–Trinajstić information content (AvgIpc) is 3.42. The standard InChI is InChI=1S/C34H32O8/c1-38-22-16-14-21(15-17-22)34-29(20-10-6-5-7-11-20)28(31(35)24-12-8-9-13-25(24)40-3)32(36)33(34,37)30-26(41-4)18-23(39-2)19-27(30)42-34/h5-19,28-29,32,36-37H,1-4H3/t28-,29+,32+,33-,34-/m0/s1. The third-order valence-corrected chi connectivity index (χ3v) is 8.63. The van der Waals surface area contributed by atoms with E-state index >= 15 is 0 Å². The van der Waals surface area contributed by atoms with E-state index in [1.807, 2.05) is 30.3 Å². The van der Waals surface area contributed by atoms with Gasteiger partial charge >= 0.3 is 0 Å². The minimum absolute atomic E-state index is 0.241. The van der Waals surface area contributed by atoms with Gasteiger partial charge in [0.15, 0.2) is 17.0 Å². The van der Waals surface area contributed by atoms with Gasteiger partial charge in [-0.1, -0.05) is 54.6 Å². The normalized spacial score (nSPS) is 25.6. The number of aliphatic hydroxyl groups excluding tert-OH is 1. The minimum Gasteiger partial charge on any atom is -0.497 e. The van der Waals surface area contributed by atoms with Gasteiger partial charge in [0, 0.05) is 18.1 Å². The molecule has 1 aliphatic heterocycles. The number of para-hydroxylation sites is 1. The summed E-state index contributed by atoms with van der Waals surface area (Å²) >= 11 is 0. The SMILES string of the molecule is COc1ccc([C@@]23Oc4cc(OC)cc(OC)c4[C@]2(O)[C@H](O)[C@H](C(=O)c2ccccc2OC)[C@H]3c2ccccc2)cc1. The molecule has 0 aromatic heterocycles. The monoisotopic (exact) mass is 568 g/mol. The highest BCUT2D eigenvalue weighted by molar-refractivity contribution is 6.02. The van der Waals surface area contributed by atoms with Gasteiger partial charge in [0.2, 0.25) is 0 Å². The van der Waals surface area contributed by atoms with Crippen LogP contribution in [0.2, 0.25) is 0 Å². The Morgan fingerprint density at radius 3 is 2.05 bits per heavy atom. The number of ketones is 1. The lowest BCUT2D eigenvalue weighted by Crippen LogP contribution is -2.52. The molecule has 4 aromatic rings. The maximum Gasteiger partial charge on any atom is 0.177 e. The number of ether oxygens (including phenoxy) is 5. The van der Waals surface area contributed by atoms with E-state index in [9.17, 15) is 15.0 Å². The summed E-state index contributed by atoms with van der Waals surface area (Å²) in [5.74, 6) is -0.416. The molecule has 0 amide bonds. The average molecular weight is 569 g/mol. The predicted octanol–water partition coefficient (Wildman–Crippen LogP) is 4.85. The van der Waals surface area contributed by atoms with Crippen LogP contribution >= 0.6 is 0 Å². The zero-order valence-corrected chi connectivity index (χ0v) is 23.7. The molecule has 4 aromatic carbocycles. The molecule has 1 fully saturated rings. The fraction of sp³-hybridized carbons (Fsp3) is 0.265. The second-order valence-corrected chi connectivity index (χ2v) is 10.5. The first-order valence-electron chi connectivity index (χ1n) is 13.6. The maximum atomic E-state index is 14.6.